The van der Waals surface area contributed by atoms with Crippen LogP contribution in [-0.2, 0) is 19.1 Å². The van der Waals surface area contributed by atoms with Gasteiger partial charge in [-0.15, -0.1) is 0 Å². The second-order valence-electron chi connectivity index (χ2n) is 8.21. The van der Waals surface area contributed by atoms with Gasteiger partial charge in [0, 0.05) is 24.9 Å². The minimum Gasteiger partial charge on any atom is -0.468 e. The molecule has 132 valence electrons. The van der Waals surface area contributed by atoms with Gasteiger partial charge >= 0.3 is 12.1 Å². The van der Waals surface area contributed by atoms with Gasteiger partial charge in [-0.1, -0.05) is 0 Å². The molecule has 0 N–H and O–H groups in total. The van der Waals surface area contributed by atoms with Crippen molar-refractivity contribution in [2.45, 2.75) is 52.1 Å². The molecule has 3 aliphatic rings. The van der Waals surface area contributed by atoms with E-state index in [1.165, 1.54) is 7.11 Å². The summed E-state index contributed by atoms with van der Waals surface area (Å²) in [5.74, 6) is -0.303. The molecule has 1 saturated heterocycles. The van der Waals surface area contributed by atoms with Crippen LogP contribution in [0.25, 0.3) is 0 Å². The summed E-state index contributed by atoms with van der Waals surface area (Å²) < 4.78 is 10.6. The van der Waals surface area contributed by atoms with Gasteiger partial charge < -0.3 is 14.4 Å². The normalized spacial score (nSPS) is 28.1. The van der Waals surface area contributed by atoms with Crippen LogP contribution in [-0.4, -0.2) is 48.5 Å². The molecule has 2 aliphatic carbocycles. The molecule has 1 atom stereocenters. The van der Waals surface area contributed by atoms with Gasteiger partial charge in [0.15, 0.2) is 5.78 Å². The number of methoxy groups -OCH3 is 1. The Bertz CT molecular complexity index is 626. The second-order valence-corrected chi connectivity index (χ2v) is 8.21. The molecule has 1 heterocycles. The average molecular weight is 335 g/mol. The van der Waals surface area contributed by atoms with Crippen LogP contribution >= 0.6 is 0 Å². The zero-order valence-corrected chi connectivity index (χ0v) is 14.8. The largest absolute Gasteiger partial charge is 0.468 e. The van der Waals surface area contributed by atoms with E-state index in [1.54, 1.807) is 11.0 Å². The van der Waals surface area contributed by atoms with Crippen LogP contribution in [0.15, 0.2) is 11.6 Å². The highest BCUT2D eigenvalue weighted by atomic mass is 16.6. The van der Waals surface area contributed by atoms with E-state index in [9.17, 15) is 14.4 Å². The number of ether oxygens (including phenoxy) is 2. The molecule has 3 rings (SSSR count). The smallest absolute Gasteiger partial charge is 0.410 e. The van der Waals surface area contributed by atoms with Crippen molar-refractivity contribution in [3.63, 3.8) is 0 Å². The summed E-state index contributed by atoms with van der Waals surface area (Å²) in [6, 6.07) is 0. The fourth-order valence-electron chi connectivity index (χ4n) is 4.01. The number of ketones is 1. The van der Waals surface area contributed by atoms with Crippen LogP contribution in [0.1, 0.15) is 46.5 Å². The molecule has 0 aromatic rings. The molecule has 6 heteroatoms. The summed E-state index contributed by atoms with van der Waals surface area (Å²) in [6.45, 7) is 6.18. The summed E-state index contributed by atoms with van der Waals surface area (Å²) in [4.78, 5) is 38.8. The molecular formula is C18H25NO5. The van der Waals surface area contributed by atoms with Gasteiger partial charge in [0.05, 0.1) is 7.11 Å². The maximum atomic E-state index is 12.6. The number of hydrogen-bond donors (Lipinski definition) is 0. The number of rotatable bonds is 1. The Labute approximate surface area is 142 Å². The fraction of sp³-hybridized carbons (Fsp3) is 0.722. The quantitative estimate of drug-likeness (QED) is 0.688. The average Bonchev–Trinajstić information content (AvgIpc) is 3.25. The van der Waals surface area contributed by atoms with Crippen LogP contribution < -0.4 is 0 Å². The van der Waals surface area contributed by atoms with Gasteiger partial charge in [-0.05, 0) is 51.7 Å². The number of esters is 1. The third-order valence-electron chi connectivity index (χ3n) is 5.23. The van der Waals surface area contributed by atoms with Crippen LogP contribution in [0.5, 0.6) is 0 Å². The number of carbonyl (C=O) groups excluding carboxylic acids is 3. The van der Waals surface area contributed by atoms with E-state index in [0.717, 1.165) is 18.4 Å². The van der Waals surface area contributed by atoms with Crippen molar-refractivity contribution in [3.05, 3.63) is 11.6 Å². The second kappa shape index (κ2) is 5.33. The number of piperidine rings is 1. The summed E-state index contributed by atoms with van der Waals surface area (Å²) in [5, 5.41) is 0. The van der Waals surface area contributed by atoms with E-state index in [4.69, 9.17) is 9.47 Å². The standard InChI is InChI=1S/C18H25NO5/c1-16(2,3)24-15(22)19-10-17(7-8-17)13-9-12(20)5-6-18(13,11-19)14(21)23-4/h9H,5-8,10-11H2,1-4H3. The highest BCUT2D eigenvalue weighted by molar-refractivity contribution is 5.96. The minimum absolute atomic E-state index is 0.0570. The zero-order valence-electron chi connectivity index (χ0n) is 14.8. The van der Waals surface area contributed by atoms with E-state index >= 15 is 0 Å². The van der Waals surface area contributed by atoms with Crippen molar-refractivity contribution in [1.82, 2.24) is 4.90 Å². The van der Waals surface area contributed by atoms with Crippen LogP contribution in [0, 0.1) is 10.8 Å². The Hall–Kier alpha value is -1.85. The first-order valence-electron chi connectivity index (χ1n) is 8.44. The van der Waals surface area contributed by atoms with E-state index in [1.807, 2.05) is 20.8 Å². The van der Waals surface area contributed by atoms with E-state index in [0.29, 0.717) is 19.4 Å². The van der Waals surface area contributed by atoms with Crippen molar-refractivity contribution in [1.29, 1.82) is 0 Å². The monoisotopic (exact) mass is 335 g/mol. The number of allylic oxidation sites excluding steroid dienone is 1. The molecule has 1 aliphatic heterocycles. The lowest BCUT2D eigenvalue weighted by atomic mass is 9.63. The SMILES string of the molecule is COC(=O)C12CCC(=O)C=C1C1(CC1)CN(C(=O)OC(C)(C)C)C2. The maximum Gasteiger partial charge on any atom is 0.410 e. The number of carbonyl (C=O) groups is 3. The molecular weight excluding hydrogens is 310 g/mol. The van der Waals surface area contributed by atoms with Gasteiger partial charge in [0.2, 0.25) is 0 Å². The van der Waals surface area contributed by atoms with Crippen molar-refractivity contribution >= 4 is 17.8 Å². The third kappa shape index (κ3) is 2.72. The summed E-state index contributed by atoms with van der Waals surface area (Å²) >= 11 is 0. The summed E-state index contributed by atoms with van der Waals surface area (Å²) in [5.41, 5.74) is -0.892. The first-order chi connectivity index (χ1) is 11.1. The van der Waals surface area contributed by atoms with E-state index < -0.39 is 17.1 Å². The van der Waals surface area contributed by atoms with Crippen LogP contribution in [0.4, 0.5) is 4.79 Å². The number of hydrogen-bond acceptors (Lipinski definition) is 5. The van der Waals surface area contributed by atoms with E-state index in [-0.39, 0.29) is 23.7 Å². The lowest BCUT2D eigenvalue weighted by Gasteiger charge is -2.48. The number of likely N-dealkylation sites (tertiary alicyclic amines) is 1. The van der Waals surface area contributed by atoms with Gasteiger partial charge in [-0.3, -0.25) is 9.59 Å². The number of nitrogens with zero attached hydrogens (tertiary/aromatic N) is 1. The molecule has 0 bridgehead atoms. The topological polar surface area (TPSA) is 72.9 Å². The molecule has 24 heavy (non-hydrogen) atoms. The molecule has 0 aromatic carbocycles. The maximum absolute atomic E-state index is 12.6. The molecule has 6 nitrogen and oxygen atoms in total. The molecule has 0 radical (unpaired) electrons. The van der Waals surface area contributed by atoms with Gasteiger partial charge in [-0.25, -0.2) is 4.79 Å². The lowest BCUT2D eigenvalue weighted by molar-refractivity contribution is -0.154. The third-order valence-corrected chi connectivity index (χ3v) is 5.23. The lowest BCUT2D eigenvalue weighted by Crippen LogP contribution is -2.57. The predicted octanol–water partition coefficient (Wildman–Crippen LogP) is 2.47. The Morgan fingerprint density at radius 1 is 1.17 bits per heavy atom. The van der Waals surface area contributed by atoms with Crippen molar-refractivity contribution in [2.24, 2.45) is 10.8 Å². The van der Waals surface area contributed by atoms with Crippen molar-refractivity contribution < 1.29 is 23.9 Å². The molecule has 2 fully saturated rings. The highest BCUT2D eigenvalue weighted by Crippen LogP contribution is 2.62. The zero-order chi connectivity index (χ0) is 17.8. The Morgan fingerprint density at radius 3 is 2.38 bits per heavy atom. The number of fused-ring (bicyclic) bond motifs is 2. The van der Waals surface area contributed by atoms with E-state index in [2.05, 4.69) is 0 Å². The Kier molecular flexibility index (Phi) is 3.77. The first-order valence-corrected chi connectivity index (χ1v) is 8.44. The minimum atomic E-state index is -0.908. The molecule has 1 spiro atoms. The van der Waals surface area contributed by atoms with Gasteiger partial charge in [0.25, 0.3) is 0 Å². The number of amides is 1. The molecule has 1 unspecified atom stereocenters. The Balaban J connectivity index is 1.97. The summed E-state index contributed by atoms with van der Waals surface area (Å²) in [7, 11) is 1.36. The van der Waals surface area contributed by atoms with Crippen LogP contribution in [0.2, 0.25) is 0 Å². The Morgan fingerprint density at radius 2 is 1.83 bits per heavy atom. The molecule has 0 aromatic heterocycles. The molecule has 1 amide bonds. The van der Waals surface area contributed by atoms with Gasteiger partial charge in [0.1, 0.15) is 11.0 Å². The highest BCUT2D eigenvalue weighted by Gasteiger charge is 2.63. The van der Waals surface area contributed by atoms with Crippen LogP contribution in [0.3, 0.4) is 0 Å². The van der Waals surface area contributed by atoms with Crippen molar-refractivity contribution in [2.75, 3.05) is 20.2 Å². The van der Waals surface area contributed by atoms with Gasteiger partial charge in [-0.2, -0.15) is 0 Å². The predicted molar refractivity (Wildman–Crippen MR) is 86.2 cm³/mol. The summed E-state index contributed by atoms with van der Waals surface area (Å²) in [6.07, 6.45) is 3.68. The van der Waals surface area contributed by atoms with Crippen molar-refractivity contribution in [3.8, 4) is 0 Å². The fourth-order valence-corrected chi connectivity index (χ4v) is 4.01. The first kappa shape index (κ1) is 17.0. The molecule has 1 saturated carbocycles.